The van der Waals surface area contributed by atoms with E-state index in [-0.39, 0.29) is 41.9 Å². The molecule has 16 heteroatoms. The van der Waals surface area contributed by atoms with Crippen LogP contribution in [0, 0.1) is 17.5 Å². The summed E-state index contributed by atoms with van der Waals surface area (Å²) >= 11 is 0. The predicted octanol–water partition coefficient (Wildman–Crippen LogP) is 6.14. The van der Waals surface area contributed by atoms with Gasteiger partial charge in [0, 0.05) is 37.8 Å². The minimum absolute atomic E-state index is 0.0198. The van der Waals surface area contributed by atoms with Crippen LogP contribution in [-0.2, 0) is 35.1 Å². The van der Waals surface area contributed by atoms with E-state index in [1.54, 1.807) is 32.9 Å². The van der Waals surface area contributed by atoms with Crippen molar-refractivity contribution in [3.8, 4) is 11.1 Å². The number of ether oxygens (including phenoxy) is 1. The Labute approximate surface area is 282 Å². The number of alkyl halides is 3. The summed E-state index contributed by atoms with van der Waals surface area (Å²) in [6.45, 7) is 3.83. The molecule has 50 heavy (non-hydrogen) atoms. The van der Waals surface area contributed by atoms with Crippen molar-refractivity contribution in [3.05, 3.63) is 100 Å². The van der Waals surface area contributed by atoms with Gasteiger partial charge < -0.3 is 15.4 Å². The number of hydrogen-bond acceptors (Lipinski definition) is 6. The van der Waals surface area contributed by atoms with Gasteiger partial charge in [0.15, 0.2) is 5.69 Å². The Bertz CT molecular complexity index is 1940. The molecule has 0 unspecified atom stereocenters. The molecular weight excluding hydrogens is 670 g/mol. The highest BCUT2D eigenvalue weighted by Gasteiger charge is 2.45. The highest BCUT2D eigenvalue weighted by molar-refractivity contribution is 5.95. The lowest BCUT2D eigenvalue weighted by Crippen LogP contribution is -2.36. The third kappa shape index (κ3) is 7.90. The number of benzene rings is 2. The summed E-state index contributed by atoms with van der Waals surface area (Å²) in [6, 6.07) is 8.48. The maximum Gasteiger partial charge on any atom is 0.437 e. The molecule has 2 aromatic heterocycles. The van der Waals surface area contributed by atoms with Crippen molar-refractivity contribution in [2.24, 2.45) is 0 Å². The first-order chi connectivity index (χ1) is 23.4. The molecule has 0 bridgehead atoms. The van der Waals surface area contributed by atoms with Crippen molar-refractivity contribution >= 4 is 23.6 Å². The Kier molecular flexibility index (Phi) is 9.93. The zero-order valence-electron chi connectivity index (χ0n) is 27.3. The minimum atomic E-state index is -4.98. The first kappa shape index (κ1) is 35.9. The van der Waals surface area contributed by atoms with E-state index in [0.29, 0.717) is 17.2 Å². The lowest BCUT2D eigenvalue weighted by molar-refractivity contribution is -0.141. The van der Waals surface area contributed by atoms with Crippen LogP contribution in [0.1, 0.15) is 59.8 Å². The minimum Gasteiger partial charge on any atom is -0.443 e. The molecule has 0 aliphatic carbocycles. The number of hydrogen-bond donors (Lipinski definition) is 2. The van der Waals surface area contributed by atoms with Crippen LogP contribution < -0.4 is 15.5 Å². The second-order valence-electron chi connectivity index (χ2n) is 12.5. The number of nitrogens with zero attached hydrogens (tertiary/aromatic N) is 4. The third-order valence-corrected chi connectivity index (χ3v) is 7.66. The van der Waals surface area contributed by atoms with Crippen molar-refractivity contribution in [1.29, 1.82) is 0 Å². The average Bonchev–Trinajstić information content (AvgIpc) is 3.61. The van der Waals surface area contributed by atoms with Gasteiger partial charge in [-0.25, -0.2) is 18.0 Å². The topological polar surface area (TPSA) is 118 Å². The van der Waals surface area contributed by atoms with E-state index in [9.17, 15) is 40.7 Å². The van der Waals surface area contributed by atoms with Crippen molar-refractivity contribution in [2.75, 3.05) is 18.5 Å². The van der Waals surface area contributed by atoms with Crippen LogP contribution in [0.4, 0.5) is 36.8 Å². The van der Waals surface area contributed by atoms with Gasteiger partial charge in [-0.3, -0.25) is 24.2 Å². The molecule has 5 rings (SSSR count). The lowest BCUT2D eigenvalue weighted by Gasteiger charge is -2.24. The number of rotatable bonds is 8. The number of anilines is 1. The molecular formula is C34H32F6N6O4. The summed E-state index contributed by atoms with van der Waals surface area (Å²) in [5, 5.41) is 8.70. The molecule has 264 valence electrons. The molecule has 1 atom stereocenters. The van der Waals surface area contributed by atoms with E-state index in [2.05, 4.69) is 20.7 Å². The van der Waals surface area contributed by atoms with E-state index in [0.717, 1.165) is 27.8 Å². The first-order valence-corrected chi connectivity index (χ1v) is 15.3. The number of halogens is 6. The molecule has 10 nitrogen and oxygen atoms in total. The zero-order chi connectivity index (χ0) is 36.5. The fourth-order valence-corrected chi connectivity index (χ4v) is 5.67. The Morgan fingerprint density at radius 1 is 1.00 bits per heavy atom. The average molecular weight is 703 g/mol. The number of carbonyl (C=O) groups is 3. The highest BCUT2D eigenvalue weighted by Crippen LogP contribution is 2.42. The Hall–Kier alpha value is -5.41. The number of aromatic nitrogens is 3. The number of pyridine rings is 1. The zero-order valence-corrected chi connectivity index (χ0v) is 27.3. The second-order valence-corrected chi connectivity index (χ2v) is 12.5. The number of fused-ring (bicyclic) bond motifs is 1. The van der Waals surface area contributed by atoms with Gasteiger partial charge in [-0.1, -0.05) is 12.1 Å². The summed E-state index contributed by atoms with van der Waals surface area (Å²) in [5.74, 6) is -4.12. The highest BCUT2D eigenvalue weighted by atomic mass is 19.4. The van der Waals surface area contributed by atoms with Crippen molar-refractivity contribution in [1.82, 2.24) is 25.4 Å². The molecule has 0 saturated carbocycles. The smallest absolute Gasteiger partial charge is 0.437 e. The molecule has 1 aliphatic rings. The van der Waals surface area contributed by atoms with Crippen molar-refractivity contribution in [3.63, 3.8) is 0 Å². The number of carbonyl (C=O) groups excluding carboxylic acids is 3. The van der Waals surface area contributed by atoms with E-state index in [4.69, 9.17) is 4.74 Å². The maximum absolute atomic E-state index is 14.5. The molecule has 1 aliphatic heterocycles. The molecule has 0 spiro atoms. The number of amides is 3. The maximum atomic E-state index is 14.5. The summed E-state index contributed by atoms with van der Waals surface area (Å²) < 4.78 is 91.6. The van der Waals surface area contributed by atoms with E-state index in [1.807, 2.05) is 0 Å². The second kappa shape index (κ2) is 13.8. The van der Waals surface area contributed by atoms with Crippen LogP contribution in [0.3, 0.4) is 0 Å². The van der Waals surface area contributed by atoms with Crippen LogP contribution in [0.15, 0.2) is 54.7 Å². The van der Waals surface area contributed by atoms with Gasteiger partial charge in [-0.2, -0.15) is 18.3 Å². The van der Waals surface area contributed by atoms with E-state index < -0.39 is 71.1 Å². The molecule has 3 heterocycles. The largest absolute Gasteiger partial charge is 0.443 e. The van der Waals surface area contributed by atoms with E-state index >= 15 is 0 Å². The SMILES string of the molecule is CNC(=O)c1cc(-c2cccnc2[C@H](Cc2cc(F)cc(F)c2)NC(=O)Cn2nc(C(F)(F)F)c3c2CCN3C(=O)OC(C)(C)C)ccc1F. The Morgan fingerprint density at radius 3 is 2.34 bits per heavy atom. The monoisotopic (exact) mass is 702 g/mol. The van der Waals surface area contributed by atoms with E-state index in [1.165, 1.54) is 25.4 Å². The van der Waals surface area contributed by atoms with Gasteiger partial charge in [0.1, 0.15) is 35.3 Å². The van der Waals surface area contributed by atoms with Crippen molar-refractivity contribution in [2.45, 2.75) is 58.0 Å². The summed E-state index contributed by atoms with van der Waals surface area (Å²) in [4.78, 5) is 44.0. The molecule has 3 amide bonds. The standard InChI is InChI=1S/C34H32F6N6O4/c1-33(2,3)50-32(49)45-11-9-26-29(45)30(34(38,39)40)44-46(26)17-27(47)43-25(14-18-12-20(35)16-21(36)13-18)28-22(6-5-10-42-28)19-7-8-24(37)23(15-19)31(48)41-4/h5-8,10,12-13,15-16,25H,9,11,14,17H2,1-4H3,(H,41,48)(H,43,47)/t25-/m0/s1. The first-order valence-electron chi connectivity index (χ1n) is 15.3. The van der Waals surface area contributed by atoms with Gasteiger partial charge in [-0.15, -0.1) is 0 Å². The van der Waals surface area contributed by atoms with Crippen LogP contribution in [0.25, 0.3) is 11.1 Å². The summed E-state index contributed by atoms with van der Waals surface area (Å²) in [6.07, 6.45) is -4.89. The number of nitrogens with one attached hydrogen (secondary N) is 2. The normalized spacial score (nSPS) is 13.5. The van der Waals surface area contributed by atoms with Crippen LogP contribution in [-0.4, -0.2) is 51.9 Å². The van der Waals surface area contributed by atoms with Crippen molar-refractivity contribution < 1.29 is 45.5 Å². The molecule has 0 radical (unpaired) electrons. The lowest BCUT2D eigenvalue weighted by atomic mass is 9.94. The molecule has 0 saturated heterocycles. The molecule has 4 aromatic rings. The van der Waals surface area contributed by atoms with Crippen LogP contribution in [0.2, 0.25) is 0 Å². The van der Waals surface area contributed by atoms with Gasteiger partial charge in [0.05, 0.1) is 23.0 Å². The van der Waals surface area contributed by atoms with Gasteiger partial charge in [-0.05, 0) is 68.7 Å². The quantitative estimate of drug-likeness (QED) is 0.213. The summed E-state index contributed by atoms with van der Waals surface area (Å²) in [7, 11) is 1.33. The van der Waals surface area contributed by atoms with Gasteiger partial charge in [0.25, 0.3) is 5.91 Å². The predicted molar refractivity (Wildman–Crippen MR) is 168 cm³/mol. The Balaban J connectivity index is 1.52. The fourth-order valence-electron chi connectivity index (χ4n) is 5.67. The van der Waals surface area contributed by atoms with Crippen LogP contribution >= 0.6 is 0 Å². The molecule has 2 N–H and O–H groups in total. The summed E-state index contributed by atoms with van der Waals surface area (Å²) in [5.41, 5.74) is -2.26. The Morgan fingerprint density at radius 2 is 1.70 bits per heavy atom. The fraction of sp³-hybridized carbons (Fsp3) is 0.324. The molecule has 2 aromatic carbocycles. The van der Waals surface area contributed by atoms with Gasteiger partial charge >= 0.3 is 12.3 Å². The van der Waals surface area contributed by atoms with Gasteiger partial charge in [0.2, 0.25) is 5.91 Å². The third-order valence-electron chi connectivity index (χ3n) is 7.66. The van der Waals surface area contributed by atoms with Crippen LogP contribution in [0.5, 0.6) is 0 Å². The molecule has 0 fully saturated rings.